The van der Waals surface area contributed by atoms with E-state index < -0.39 is 16.8 Å². The van der Waals surface area contributed by atoms with Crippen molar-refractivity contribution in [2.24, 2.45) is 28.6 Å². The number of terminal acetylenes is 1. The Balaban J connectivity index is 1.34. The monoisotopic (exact) mass is 402 g/mol. The minimum atomic E-state index is -0.893. The van der Waals surface area contributed by atoms with Crippen LogP contribution in [0.15, 0.2) is 0 Å². The minimum Gasteiger partial charge on any atom is -0.388 e. The molecule has 6 fully saturated rings. The fourth-order valence-corrected chi connectivity index (χ4v) is 8.80. The number of aliphatic hydroxyl groups is 1. The maximum Gasteiger partial charge on any atom is 0.174 e. The van der Waals surface area contributed by atoms with Crippen LogP contribution in [0.5, 0.6) is 0 Å². The Kier molecular flexibility index (Phi) is 3.94. The predicted molar refractivity (Wildman–Crippen MR) is 106 cm³/mol. The van der Waals surface area contributed by atoms with E-state index in [1.54, 1.807) is 0 Å². The molecule has 0 aromatic heterocycles. The zero-order chi connectivity index (χ0) is 20.0. The highest BCUT2D eigenvalue weighted by molar-refractivity contribution is 5.26. The molecule has 4 saturated carbocycles. The van der Waals surface area contributed by atoms with Crippen LogP contribution in [-0.2, 0) is 18.9 Å². The van der Waals surface area contributed by atoms with Crippen molar-refractivity contribution >= 4 is 0 Å². The normalized spacial score (nSPS) is 52.1. The molecule has 0 radical (unpaired) electrons. The molecule has 2 heterocycles. The Labute approximate surface area is 173 Å². The van der Waals surface area contributed by atoms with Crippen LogP contribution in [0.4, 0.5) is 0 Å². The number of hydrogen-bond donors (Lipinski definition) is 1. The summed E-state index contributed by atoms with van der Waals surface area (Å²) >= 11 is 0. The molecule has 1 N–H and O–H groups in total. The van der Waals surface area contributed by atoms with Crippen LogP contribution in [0.3, 0.4) is 0 Å². The number of ether oxygens (including phenoxy) is 4. The average molecular weight is 403 g/mol. The van der Waals surface area contributed by atoms with Crippen LogP contribution in [0.2, 0.25) is 0 Å². The highest BCUT2D eigenvalue weighted by Crippen LogP contribution is 2.71. The lowest BCUT2D eigenvalue weighted by molar-refractivity contribution is -0.285. The summed E-state index contributed by atoms with van der Waals surface area (Å²) in [4.78, 5) is 0. The minimum absolute atomic E-state index is 0.0590. The van der Waals surface area contributed by atoms with Crippen LogP contribution in [-0.4, -0.2) is 48.7 Å². The van der Waals surface area contributed by atoms with Gasteiger partial charge in [-0.1, -0.05) is 12.8 Å². The van der Waals surface area contributed by atoms with Gasteiger partial charge in [0, 0.05) is 24.7 Å². The molecule has 160 valence electrons. The summed E-state index contributed by atoms with van der Waals surface area (Å²) in [5.74, 6) is 3.65. The largest absolute Gasteiger partial charge is 0.388 e. The molecule has 0 unspecified atom stereocenters. The lowest BCUT2D eigenvalue weighted by atomic mass is 9.42. The van der Waals surface area contributed by atoms with Crippen molar-refractivity contribution in [1.29, 1.82) is 0 Å². The summed E-state index contributed by atoms with van der Waals surface area (Å²) in [6.45, 7) is 5.06. The van der Waals surface area contributed by atoms with Crippen molar-refractivity contribution in [2.75, 3.05) is 26.4 Å². The van der Waals surface area contributed by atoms with Gasteiger partial charge in [-0.2, -0.15) is 0 Å². The van der Waals surface area contributed by atoms with Crippen molar-refractivity contribution in [3.63, 3.8) is 0 Å². The van der Waals surface area contributed by atoms with Crippen molar-refractivity contribution in [1.82, 2.24) is 0 Å². The Morgan fingerprint density at radius 2 is 1.52 bits per heavy atom. The van der Waals surface area contributed by atoms with Gasteiger partial charge in [0.15, 0.2) is 11.6 Å². The topological polar surface area (TPSA) is 57.2 Å². The molecule has 2 saturated heterocycles. The van der Waals surface area contributed by atoms with Crippen LogP contribution in [0.25, 0.3) is 0 Å². The molecule has 6 atom stereocenters. The van der Waals surface area contributed by atoms with Crippen LogP contribution in [0, 0.1) is 40.9 Å². The summed E-state index contributed by atoms with van der Waals surface area (Å²) in [5, 5.41) is 12.0. The molecule has 0 aromatic rings. The van der Waals surface area contributed by atoms with Gasteiger partial charge in [-0.05, 0) is 56.3 Å². The molecular weight excluding hydrogens is 368 g/mol. The summed E-state index contributed by atoms with van der Waals surface area (Å²) in [7, 11) is 0. The lowest BCUT2D eigenvalue weighted by Crippen LogP contribution is -2.66. The van der Waals surface area contributed by atoms with E-state index >= 15 is 0 Å². The van der Waals surface area contributed by atoms with E-state index in [9.17, 15) is 5.11 Å². The first kappa shape index (κ1) is 19.1. The molecule has 6 rings (SSSR count). The van der Waals surface area contributed by atoms with Crippen LogP contribution in [0.1, 0.15) is 64.7 Å². The fourth-order valence-electron chi connectivity index (χ4n) is 8.80. The van der Waals surface area contributed by atoms with Gasteiger partial charge >= 0.3 is 0 Å². The maximum atomic E-state index is 12.0. The second-order valence-corrected chi connectivity index (χ2v) is 10.8. The van der Waals surface area contributed by atoms with E-state index in [4.69, 9.17) is 25.4 Å². The summed E-state index contributed by atoms with van der Waals surface area (Å²) in [6.07, 6.45) is 14.4. The molecule has 0 amide bonds. The number of hydrogen-bond acceptors (Lipinski definition) is 5. The smallest absolute Gasteiger partial charge is 0.174 e. The zero-order valence-corrected chi connectivity index (χ0v) is 17.6. The van der Waals surface area contributed by atoms with Gasteiger partial charge in [-0.25, -0.2) is 0 Å². The first-order valence-corrected chi connectivity index (χ1v) is 11.7. The second kappa shape index (κ2) is 5.99. The third-order valence-electron chi connectivity index (χ3n) is 10.1. The summed E-state index contributed by atoms with van der Waals surface area (Å²) < 4.78 is 24.5. The molecular formula is C24H34O5. The van der Waals surface area contributed by atoms with E-state index in [-0.39, 0.29) is 11.2 Å². The lowest BCUT2D eigenvalue weighted by Gasteiger charge is -2.64. The SMILES string of the molecule is C#C[C@]12CCC3(C[C@]1(O)CC[C@H]1[C@@H]4CCC5(OCCO5)[C@@]4(C)CC[C@@H]12)OCCO3. The third kappa shape index (κ3) is 2.20. The zero-order valence-electron chi connectivity index (χ0n) is 17.6. The van der Waals surface area contributed by atoms with Gasteiger partial charge < -0.3 is 24.1 Å². The van der Waals surface area contributed by atoms with E-state index in [0.717, 1.165) is 51.4 Å². The van der Waals surface area contributed by atoms with Gasteiger partial charge in [0.1, 0.15) is 0 Å². The Morgan fingerprint density at radius 1 is 0.828 bits per heavy atom. The maximum absolute atomic E-state index is 12.0. The molecule has 2 spiro atoms. The molecule has 6 aliphatic rings. The molecule has 4 aliphatic carbocycles. The van der Waals surface area contributed by atoms with Crippen molar-refractivity contribution in [3.05, 3.63) is 0 Å². The third-order valence-corrected chi connectivity index (χ3v) is 10.1. The Morgan fingerprint density at radius 3 is 2.24 bits per heavy atom. The quantitative estimate of drug-likeness (QED) is 0.631. The van der Waals surface area contributed by atoms with Crippen molar-refractivity contribution in [2.45, 2.75) is 81.9 Å². The predicted octanol–water partition coefficient (Wildman–Crippen LogP) is 3.24. The van der Waals surface area contributed by atoms with Gasteiger partial charge in [0.25, 0.3) is 0 Å². The van der Waals surface area contributed by atoms with Gasteiger partial charge in [0.05, 0.1) is 37.4 Å². The Hall–Kier alpha value is -0.640. The van der Waals surface area contributed by atoms with E-state index in [0.29, 0.717) is 50.6 Å². The van der Waals surface area contributed by atoms with E-state index in [2.05, 4.69) is 12.8 Å². The Bertz CT molecular complexity index is 732. The number of fused-ring (bicyclic) bond motifs is 6. The molecule has 29 heavy (non-hydrogen) atoms. The molecule has 0 aromatic carbocycles. The van der Waals surface area contributed by atoms with E-state index in [1.165, 1.54) is 0 Å². The highest BCUT2D eigenvalue weighted by Gasteiger charge is 2.71. The fraction of sp³-hybridized carbons (Fsp3) is 0.917. The van der Waals surface area contributed by atoms with Crippen molar-refractivity contribution < 1.29 is 24.1 Å². The second-order valence-electron chi connectivity index (χ2n) is 10.8. The van der Waals surface area contributed by atoms with Gasteiger partial charge in [-0.15, -0.1) is 6.42 Å². The van der Waals surface area contributed by atoms with Crippen molar-refractivity contribution in [3.8, 4) is 12.3 Å². The average Bonchev–Trinajstić information content (AvgIpc) is 3.43. The van der Waals surface area contributed by atoms with E-state index in [1.807, 2.05) is 0 Å². The van der Waals surface area contributed by atoms with Crippen LogP contribution < -0.4 is 0 Å². The first-order valence-electron chi connectivity index (χ1n) is 11.7. The number of rotatable bonds is 0. The highest BCUT2D eigenvalue weighted by atomic mass is 16.7. The standard InChI is InChI=1S/C24H34O5/c1-3-21-10-11-23(26-12-13-27-23)16-22(21,25)8-4-17-18-6-9-24(28-14-15-29-24)20(18,2)7-5-19(17)21/h1,17-19,25H,4-16H2,2H3/t17-,18-,19-,20-,21+,22+/m0/s1. The molecule has 0 bridgehead atoms. The molecule has 2 aliphatic heterocycles. The van der Waals surface area contributed by atoms with Gasteiger partial charge in [-0.3, -0.25) is 0 Å². The summed E-state index contributed by atoms with van der Waals surface area (Å²) in [5.41, 5.74) is -1.30. The van der Waals surface area contributed by atoms with Gasteiger partial charge in [0.2, 0.25) is 0 Å². The molecule has 5 heteroatoms. The summed E-state index contributed by atoms with van der Waals surface area (Å²) in [6, 6.07) is 0. The van der Waals surface area contributed by atoms with Crippen LogP contribution >= 0.6 is 0 Å². The molecule has 5 nitrogen and oxygen atoms in total. The first-order chi connectivity index (χ1) is 13.9.